The van der Waals surface area contributed by atoms with Crippen LogP contribution in [0.4, 0.5) is 11.4 Å². The molecule has 0 amide bonds. The summed E-state index contributed by atoms with van der Waals surface area (Å²) >= 11 is 11.4. The van der Waals surface area contributed by atoms with Crippen molar-refractivity contribution in [1.29, 1.82) is 0 Å². The van der Waals surface area contributed by atoms with Gasteiger partial charge in [0.1, 0.15) is 4.99 Å². The van der Waals surface area contributed by atoms with Gasteiger partial charge in [0.15, 0.2) is 0 Å². The molecule has 2 aromatic carbocycles. The quantitative estimate of drug-likeness (QED) is 0.813. The summed E-state index contributed by atoms with van der Waals surface area (Å²) in [5, 5.41) is 4.05. The number of fused-ring (bicyclic) bond motifs is 1. The second kappa shape index (κ2) is 6.04. The average Bonchev–Trinajstić information content (AvgIpc) is 2.47. The number of halogens is 1. The van der Waals surface area contributed by atoms with Crippen LogP contribution in [-0.4, -0.2) is 4.99 Å². The fourth-order valence-electron chi connectivity index (χ4n) is 2.92. The van der Waals surface area contributed by atoms with Crippen LogP contribution < -0.4 is 11.1 Å². The molecule has 0 saturated carbocycles. The molecule has 0 heterocycles. The van der Waals surface area contributed by atoms with Gasteiger partial charge >= 0.3 is 0 Å². The van der Waals surface area contributed by atoms with Gasteiger partial charge in [-0.2, -0.15) is 0 Å². The Labute approximate surface area is 135 Å². The standard InChI is InChI=1S/C17H17ClN2S/c18-13-8-4-10-15(16(13)17(19)21)20-14-9-3-6-11-5-1-2-7-12(11)14/h3-4,6,8-10,20H,1-2,5,7H2,(H2,19,21). The zero-order valence-corrected chi connectivity index (χ0v) is 13.2. The van der Waals surface area contributed by atoms with E-state index in [-0.39, 0.29) is 0 Å². The fourth-order valence-corrected chi connectivity index (χ4v) is 3.47. The molecule has 21 heavy (non-hydrogen) atoms. The first-order chi connectivity index (χ1) is 10.2. The van der Waals surface area contributed by atoms with Crippen molar-refractivity contribution in [3.8, 4) is 0 Å². The van der Waals surface area contributed by atoms with Crippen LogP contribution >= 0.6 is 23.8 Å². The molecule has 3 N–H and O–H groups in total. The number of hydrogen-bond donors (Lipinski definition) is 2. The zero-order valence-electron chi connectivity index (χ0n) is 11.7. The molecule has 0 saturated heterocycles. The number of thiocarbonyl (C=S) groups is 1. The highest BCUT2D eigenvalue weighted by molar-refractivity contribution is 7.80. The van der Waals surface area contributed by atoms with Crippen LogP contribution in [0.25, 0.3) is 0 Å². The Morgan fingerprint density at radius 2 is 1.76 bits per heavy atom. The van der Waals surface area contributed by atoms with Crippen molar-refractivity contribution >= 4 is 40.2 Å². The maximum Gasteiger partial charge on any atom is 0.107 e. The van der Waals surface area contributed by atoms with Gasteiger partial charge in [-0.15, -0.1) is 0 Å². The Kier molecular flexibility index (Phi) is 4.13. The lowest BCUT2D eigenvalue weighted by molar-refractivity contribution is 0.687. The van der Waals surface area contributed by atoms with E-state index in [0.29, 0.717) is 15.6 Å². The summed E-state index contributed by atoms with van der Waals surface area (Å²) in [6, 6.07) is 12.1. The molecule has 0 spiro atoms. The second-order valence-electron chi connectivity index (χ2n) is 5.30. The molecule has 0 aliphatic heterocycles. The SMILES string of the molecule is NC(=S)c1c(Cl)cccc1Nc1cccc2c1CCCC2. The van der Waals surface area contributed by atoms with Gasteiger partial charge < -0.3 is 11.1 Å². The molecule has 2 nitrogen and oxygen atoms in total. The normalized spacial score (nSPS) is 13.6. The summed E-state index contributed by atoms with van der Waals surface area (Å²) in [7, 11) is 0. The van der Waals surface area contributed by atoms with Gasteiger partial charge in [0.05, 0.1) is 16.3 Å². The third kappa shape index (κ3) is 2.89. The van der Waals surface area contributed by atoms with Crippen molar-refractivity contribution in [1.82, 2.24) is 0 Å². The minimum absolute atomic E-state index is 0.313. The Balaban J connectivity index is 2.02. The lowest BCUT2D eigenvalue weighted by Gasteiger charge is -2.21. The van der Waals surface area contributed by atoms with E-state index in [9.17, 15) is 0 Å². The number of aryl methyl sites for hydroxylation is 1. The molecular formula is C17H17ClN2S. The molecule has 0 bridgehead atoms. The number of nitrogens with two attached hydrogens (primary N) is 1. The number of benzene rings is 2. The van der Waals surface area contributed by atoms with Crippen molar-refractivity contribution in [2.75, 3.05) is 5.32 Å². The smallest absolute Gasteiger partial charge is 0.107 e. The maximum atomic E-state index is 6.23. The van der Waals surface area contributed by atoms with E-state index in [4.69, 9.17) is 29.6 Å². The van der Waals surface area contributed by atoms with E-state index in [1.807, 2.05) is 18.2 Å². The van der Waals surface area contributed by atoms with Gasteiger partial charge in [0, 0.05) is 5.69 Å². The van der Waals surface area contributed by atoms with Crippen molar-refractivity contribution in [2.45, 2.75) is 25.7 Å². The summed E-state index contributed by atoms with van der Waals surface area (Å²) in [5.74, 6) is 0. The molecule has 4 heteroatoms. The van der Waals surface area contributed by atoms with E-state index >= 15 is 0 Å². The summed E-state index contributed by atoms with van der Waals surface area (Å²) < 4.78 is 0. The highest BCUT2D eigenvalue weighted by atomic mass is 35.5. The first kappa shape index (κ1) is 14.4. The third-order valence-corrected chi connectivity index (χ3v) is 4.44. The summed E-state index contributed by atoms with van der Waals surface area (Å²) in [4.78, 5) is 0.313. The second-order valence-corrected chi connectivity index (χ2v) is 6.15. The topological polar surface area (TPSA) is 38.0 Å². The number of hydrogen-bond acceptors (Lipinski definition) is 2. The van der Waals surface area contributed by atoms with Crippen molar-refractivity contribution in [2.24, 2.45) is 5.73 Å². The highest BCUT2D eigenvalue weighted by Gasteiger charge is 2.15. The van der Waals surface area contributed by atoms with Gasteiger partial charge in [0.25, 0.3) is 0 Å². The molecule has 1 aliphatic rings. The van der Waals surface area contributed by atoms with E-state index in [1.54, 1.807) is 0 Å². The summed E-state index contributed by atoms with van der Waals surface area (Å²) in [6.45, 7) is 0. The van der Waals surface area contributed by atoms with Crippen molar-refractivity contribution in [3.05, 3.63) is 58.1 Å². The van der Waals surface area contributed by atoms with Gasteiger partial charge in [-0.1, -0.05) is 42.0 Å². The van der Waals surface area contributed by atoms with Crippen LogP contribution in [0.15, 0.2) is 36.4 Å². The Bertz CT molecular complexity index is 697. The minimum Gasteiger partial charge on any atom is -0.389 e. The largest absolute Gasteiger partial charge is 0.389 e. The van der Waals surface area contributed by atoms with Crippen LogP contribution in [0.1, 0.15) is 29.5 Å². The molecule has 108 valence electrons. The lowest BCUT2D eigenvalue weighted by Crippen LogP contribution is -2.13. The Morgan fingerprint density at radius 3 is 2.57 bits per heavy atom. The van der Waals surface area contributed by atoms with Gasteiger partial charge in [-0.05, 0) is 55.0 Å². The highest BCUT2D eigenvalue weighted by Crippen LogP contribution is 2.32. The lowest BCUT2D eigenvalue weighted by atomic mass is 9.90. The third-order valence-electron chi connectivity index (χ3n) is 3.93. The predicted molar refractivity (Wildman–Crippen MR) is 93.7 cm³/mol. The summed E-state index contributed by atoms with van der Waals surface area (Å²) in [5.41, 5.74) is 11.4. The number of rotatable bonds is 3. The molecule has 1 aliphatic carbocycles. The Morgan fingerprint density at radius 1 is 1.05 bits per heavy atom. The average molecular weight is 317 g/mol. The van der Waals surface area contributed by atoms with Crippen LogP contribution in [0.5, 0.6) is 0 Å². The molecule has 0 radical (unpaired) electrons. The van der Waals surface area contributed by atoms with E-state index in [2.05, 4.69) is 23.5 Å². The zero-order chi connectivity index (χ0) is 14.8. The van der Waals surface area contributed by atoms with Crippen LogP contribution in [-0.2, 0) is 12.8 Å². The minimum atomic E-state index is 0.313. The first-order valence-corrected chi connectivity index (χ1v) is 7.91. The molecule has 3 rings (SSSR count). The molecule has 0 fully saturated rings. The van der Waals surface area contributed by atoms with Crippen LogP contribution in [0.2, 0.25) is 5.02 Å². The monoisotopic (exact) mass is 316 g/mol. The first-order valence-electron chi connectivity index (χ1n) is 7.13. The molecule has 0 atom stereocenters. The Hall–Kier alpha value is -1.58. The number of nitrogens with one attached hydrogen (secondary N) is 1. The van der Waals surface area contributed by atoms with E-state index < -0.39 is 0 Å². The number of anilines is 2. The molecule has 0 aromatic heterocycles. The molecule has 0 unspecified atom stereocenters. The molecular weight excluding hydrogens is 300 g/mol. The molecule has 2 aromatic rings. The van der Waals surface area contributed by atoms with E-state index in [1.165, 1.54) is 24.0 Å². The summed E-state index contributed by atoms with van der Waals surface area (Å²) in [6.07, 6.45) is 4.78. The van der Waals surface area contributed by atoms with Crippen molar-refractivity contribution in [3.63, 3.8) is 0 Å². The van der Waals surface area contributed by atoms with Crippen molar-refractivity contribution < 1.29 is 0 Å². The fraction of sp³-hybridized carbons (Fsp3) is 0.235. The van der Waals surface area contributed by atoms with Gasteiger partial charge in [-0.3, -0.25) is 0 Å². The predicted octanol–water partition coefficient (Wildman–Crippen LogP) is 4.60. The van der Waals surface area contributed by atoms with Gasteiger partial charge in [-0.25, -0.2) is 0 Å². The van der Waals surface area contributed by atoms with Gasteiger partial charge in [0.2, 0.25) is 0 Å². The van der Waals surface area contributed by atoms with Crippen LogP contribution in [0, 0.1) is 0 Å². The van der Waals surface area contributed by atoms with E-state index in [0.717, 1.165) is 24.2 Å². The van der Waals surface area contributed by atoms with Crippen LogP contribution in [0.3, 0.4) is 0 Å². The maximum absolute atomic E-state index is 6.23.